The molecule has 0 radical (unpaired) electrons. The predicted octanol–water partition coefficient (Wildman–Crippen LogP) is 15.0. The van der Waals surface area contributed by atoms with Gasteiger partial charge in [0.05, 0.1) is 46.9 Å². The van der Waals surface area contributed by atoms with Crippen molar-refractivity contribution in [1.82, 2.24) is 4.57 Å². The molecule has 14 rings (SSSR count). The summed E-state index contributed by atoms with van der Waals surface area (Å²) in [6.07, 6.45) is 1.28. The van der Waals surface area contributed by atoms with Crippen LogP contribution in [0.1, 0.15) is 53.6 Å². The second kappa shape index (κ2) is 14.8. The van der Waals surface area contributed by atoms with E-state index in [0.717, 1.165) is 21.5 Å². The molecule has 0 spiro atoms. The number of aromatic nitrogens is 1. The average molecular weight is 877 g/mol. The van der Waals surface area contributed by atoms with Gasteiger partial charge in [0.2, 0.25) is 0 Å². The maximum Gasteiger partial charge on any atom is 0.256 e. The molecule has 3 aliphatic rings. The number of hydrogen-bond acceptors (Lipinski definition) is 2. The summed E-state index contributed by atoms with van der Waals surface area (Å²) in [5.74, 6) is -1.43. The van der Waals surface area contributed by atoms with E-state index in [2.05, 4.69) is 0 Å². The van der Waals surface area contributed by atoms with Crippen LogP contribution >= 0.6 is 0 Å². The van der Waals surface area contributed by atoms with Gasteiger partial charge in [0.25, 0.3) is 6.71 Å². The third kappa shape index (κ3) is 5.86. The quantitative estimate of drug-likeness (QED) is 0.127. The summed E-state index contributed by atoms with van der Waals surface area (Å²) in [5.41, 5.74) is 1.83. The third-order valence-corrected chi connectivity index (χ3v) is 13.1. The molecule has 0 amide bonds. The fourth-order valence-electron chi connectivity index (χ4n) is 10.3. The molecule has 314 valence electrons. The summed E-state index contributed by atoms with van der Waals surface area (Å²) in [7, 11) is 0. The maximum absolute atomic E-state index is 9.70. The molecule has 0 fully saturated rings. The Morgan fingerprint density at radius 3 is 2.12 bits per heavy atom. The van der Waals surface area contributed by atoms with Gasteiger partial charge in [-0.2, -0.15) is 0 Å². The standard InChI is InChI=1S/C63H43BN2O/c1-40-28-32-51-50-25-13-14-26-55(50)65(58(51)34-40)48-38-52(43-20-9-4-10-21-43)63-54(39-48)64-53-35-46(41-16-5-2-6-17-41)31-33-56(53)66(57-27-15-23-45-30-29-44-22-11-12-24-49(44)61(45)57)59-36-47(37-60(67-63)62(59)64)42-18-7-3-8-19-42/h2-37,39,52H,38H2,1H3/i2D,3D,4D,5D,6D,7D,8D,9D,10D,13D,14D,16D,17D,18D,19D,20D,21D,25D,26D,28D,32D,34D. The molecule has 1 atom stereocenters. The van der Waals surface area contributed by atoms with Crippen molar-refractivity contribution in [2.75, 3.05) is 4.90 Å². The largest absolute Gasteiger partial charge is 0.462 e. The minimum atomic E-state index is -1.43. The molecule has 3 heterocycles. The Morgan fingerprint density at radius 2 is 1.28 bits per heavy atom. The van der Waals surface area contributed by atoms with Crippen LogP contribution in [0.25, 0.3) is 71.3 Å². The molecule has 11 aromatic rings. The topological polar surface area (TPSA) is 17.4 Å². The lowest BCUT2D eigenvalue weighted by Gasteiger charge is -2.43. The number of para-hydroxylation sites is 1. The van der Waals surface area contributed by atoms with Crippen molar-refractivity contribution in [2.45, 2.75) is 19.3 Å². The van der Waals surface area contributed by atoms with E-state index in [4.69, 9.17) is 21.2 Å². The molecule has 3 nitrogen and oxygen atoms in total. The fourth-order valence-corrected chi connectivity index (χ4v) is 10.3. The Hall–Kier alpha value is -8.34. The monoisotopic (exact) mass is 876 g/mol. The Bertz CT molecular complexity index is 5070. The van der Waals surface area contributed by atoms with E-state index in [1.807, 2.05) is 59.5 Å². The minimum Gasteiger partial charge on any atom is -0.462 e. The summed E-state index contributed by atoms with van der Waals surface area (Å²) >= 11 is 0. The van der Waals surface area contributed by atoms with Gasteiger partial charge in [0.15, 0.2) is 0 Å². The van der Waals surface area contributed by atoms with Crippen LogP contribution in [0.15, 0.2) is 235 Å². The molecule has 0 saturated carbocycles. The van der Waals surface area contributed by atoms with E-state index in [1.54, 1.807) is 30.3 Å². The van der Waals surface area contributed by atoms with Crippen molar-refractivity contribution >= 4 is 83.7 Å². The summed E-state index contributed by atoms with van der Waals surface area (Å²) in [4.78, 5) is 1.92. The molecule has 2 aliphatic heterocycles. The smallest absolute Gasteiger partial charge is 0.256 e. The summed E-state index contributed by atoms with van der Waals surface area (Å²) in [6.45, 7) is 0.293. The predicted molar refractivity (Wildman–Crippen MR) is 282 cm³/mol. The second-order valence-electron chi connectivity index (χ2n) is 16.7. The Labute approximate surface area is 421 Å². The van der Waals surface area contributed by atoms with Gasteiger partial charge in [-0.3, -0.25) is 0 Å². The first-order chi connectivity index (χ1) is 42.3. The molecule has 0 saturated heterocycles. The van der Waals surface area contributed by atoms with Crippen molar-refractivity contribution in [3.8, 4) is 28.0 Å². The van der Waals surface area contributed by atoms with E-state index >= 15 is 0 Å². The zero-order chi connectivity index (χ0) is 63.3. The van der Waals surface area contributed by atoms with Crippen LogP contribution in [-0.2, 0) is 0 Å². The zero-order valence-electron chi connectivity index (χ0n) is 57.3. The zero-order valence-corrected chi connectivity index (χ0v) is 35.3. The number of hydrogen-bond donors (Lipinski definition) is 0. The van der Waals surface area contributed by atoms with Crippen LogP contribution in [0.2, 0.25) is 0 Å². The Morgan fingerprint density at radius 1 is 0.567 bits per heavy atom. The lowest BCUT2D eigenvalue weighted by molar-refractivity contribution is 0.379. The normalized spacial score (nSPS) is 19.7. The van der Waals surface area contributed by atoms with Crippen molar-refractivity contribution in [1.29, 1.82) is 0 Å². The van der Waals surface area contributed by atoms with Gasteiger partial charge in [-0.15, -0.1) is 0 Å². The molecule has 0 bridgehead atoms. The summed E-state index contributed by atoms with van der Waals surface area (Å²) in [5, 5.41) is 2.97. The highest BCUT2D eigenvalue weighted by Crippen LogP contribution is 2.51. The third-order valence-electron chi connectivity index (χ3n) is 13.1. The van der Waals surface area contributed by atoms with Gasteiger partial charge in [-0.1, -0.05) is 182 Å². The first kappa shape index (κ1) is 22.2. The second-order valence-corrected chi connectivity index (χ2v) is 16.7. The number of fused-ring (bicyclic) bond motifs is 9. The number of rotatable bonds is 5. The molecule has 10 aromatic carbocycles. The van der Waals surface area contributed by atoms with Crippen molar-refractivity contribution in [3.63, 3.8) is 0 Å². The first-order valence-corrected chi connectivity index (χ1v) is 21.7. The van der Waals surface area contributed by atoms with Crippen molar-refractivity contribution < 1.29 is 34.9 Å². The van der Waals surface area contributed by atoms with E-state index in [-0.39, 0.29) is 96.4 Å². The van der Waals surface area contributed by atoms with E-state index in [1.165, 1.54) is 17.6 Å². The molecule has 1 aromatic heterocycles. The van der Waals surface area contributed by atoms with Crippen LogP contribution < -0.4 is 20.6 Å². The van der Waals surface area contributed by atoms with Crippen LogP contribution in [0, 0.1) is 6.92 Å². The number of allylic oxidation sites excluding steroid dienone is 4. The fraction of sp³-hybridized carbons (Fsp3) is 0.0476. The molecular formula is C63H43BN2O. The molecule has 4 heteroatoms. The number of anilines is 3. The van der Waals surface area contributed by atoms with Crippen molar-refractivity contribution in [2.24, 2.45) is 0 Å². The van der Waals surface area contributed by atoms with E-state index < -0.39 is 133 Å². The highest BCUT2D eigenvalue weighted by molar-refractivity contribution is 6.95. The lowest BCUT2D eigenvalue weighted by atomic mass is 9.32. The average Bonchev–Trinajstić information content (AvgIpc) is 1.63. The first-order valence-electron chi connectivity index (χ1n) is 32.7. The van der Waals surface area contributed by atoms with Gasteiger partial charge >= 0.3 is 0 Å². The van der Waals surface area contributed by atoms with Crippen LogP contribution in [0.3, 0.4) is 0 Å². The number of ether oxygens (including phenoxy) is 1. The van der Waals surface area contributed by atoms with Crippen molar-refractivity contribution in [3.05, 3.63) is 246 Å². The highest BCUT2D eigenvalue weighted by atomic mass is 16.5. The van der Waals surface area contributed by atoms with E-state index in [0.29, 0.717) is 28.0 Å². The van der Waals surface area contributed by atoms with Crippen LogP contribution in [-0.4, -0.2) is 11.3 Å². The lowest BCUT2D eigenvalue weighted by Crippen LogP contribution is -2.54. The number of benzene rings is 10. The van der Waals surface area contributed by atoms with Gasteiger partial charge < -0.3 is 14.2 Å². The van der Waals surface area contributed by atoms with E-state index in [9.17, 15) is 13.7 Å². The molecule has 67 heavy (non-hydrogen) atoms. The highest BCUT2D eigenvalue weighted by Gasteiger charge is 2.46. The maximum atomic E-state index is 9.70. The van der Waals surface area contributed by atoms with Gasteiger partial charge in [-0.25, -0.2) is 0 Å². The van der Waals surface area contributed by atoms with Crippen LogP contribution in [0.4, 0.5) is 17.1 Å². The van der Waals surface area contributed by atoms with Crippen LogP contribution in [0.5, 0.6) is 5.75 Å². The minimum absolute atomic E-state index is 0.0164. The molecular weight excluding hydrogens is 812 g/mol. The molecule has 1 aliphatic carbocycles. The SMILES string of the molecule is [2H]c1c([2H])c([2H])c(-c2ccc3c(c2)B2C4=C(Oc5cc(-c6c([2H])c([2H])c([2H])c([2H])c6[2H])cc(c52)N3c2cccc3ccc5ccccc5c23)C(c2c([2H])c([2H])c([2H])c([2H])c2[2H])CC(n2c3c([2H])c([2H])c([2H])c([2H])c3c3c([2H])c([2H])c(C)c([2H])c32)=C4)c([2H])c1[2H]. The molecule has 1 unspecified atom stereocenters. The number of nitrogens with zero attached hydrogens (tertiary/aromatic N) is 2. The Balaban J connectivity index is 1.19. The summed E-state index contributed by atoms with van der Waals surface area (Å²) in [6, 6.07) is 12.8. The van der Waals surface area contributed by atoms with Gasteiger partial charge in [-0.05, 0) is 115 Å². The van der Waals surface area contributed by atoms with Gasteiger partial charge in [0.1, 0.15) is 11.5 Å². The summed E-state index contributed by atoms with van der Waals surface area (Å²) < 4.78 is 209. The Kier molecular flexibility index (Phi) is 4.93. The molecule has 0 N–H and O–H groups in total. The van der Waals surface area contributed by atoms with Gasteiger partial charge in [0, 0.05) is 45.6 Å².